The normalized spacial score (nSPS) is 11.2. The quantitative estimate of drug-likeness (QED) is 0.756. The Bertz CT molecular complexity index is 501. The van der Waals surface area contributed by atoms with Gasteiger partial charge in [-0.1, -0.05) is 6.07 Å². The summed E-state index contributed by atoms with van der Waals surface area (Å²) in [5.74, 6) is -1.93. The van der Waals surface area contributed by atoms with Gasteiger partial charge in [-0.2, -0.15) is 0 Å². The van der Waals surface area contributed by atoms with E-state index < -0.39 is 23.2 Å². The van der Waals surface area contributed by atoms with Crippen molar-refractivity contribution in [3.05, 3.63) is 29.6 Å². The highest BCUT2D eigenvalue weighted by atomic mass is 19.1. The average Bonchev–Trinajstić information content (AvgIpc) is 2.31. The lowest BCUT2D eigenvalue weighted by molar-refractivity contribution is -0.143. The molecule has 6 heteroatoms. The minimum absolute atomic E-state index is 0.171. The van der Waals surface area contributed by atoms with Crippen LogP contribution >= 0.6 is 0 Å². The number of carboxylic acids is 1. The number of carbonyl (C=O) groups is 2. The van der Waals surface area contributed by atoms with Gasteiger partial charge in [0.25, 0.3) is 0 Å². The molecule has 0 fully saturated rings. The highest BCUT2D eigenvalue weighted by Crippen LogP contribution is 2.15. The first kappa shape index (κ1) is 15.1. The van der Waals surface area contributed by atoms with Crippen LogP contribution < -0.4 is 10.6 Å². The predicted octanol–water partition coefficient (Wildman–Crippen LogP) is 1.53. The maximum Gasteiger partial charge on any atom is 0.323 e. The van der Waals surface area contributed by atoms with Crippen molar-refractivity contribution in [1.82, 2.24) is 5.32 Å². The molecule has 0 saturated heterocycles. The molecule has 1 rings (SSSR count). The third-order valence-corrected chi connectivity index (χ3v) is 2.70. The average molecular weight is 268 g/mol. The zero-order valence-electron chi connectivity index (χ0n) is 11.1. The summed E-state index contributed by atoms with van der Waals surface area (Å²) in [5, 5.41) is 14.0. The lowest BCUT2D eigenvalue weighted by atomic mass is 10.1. The summed E-state index contributed by atoms with van der Waals surface area (Å²) in [6.45, 7) is 4.48. The van der Waals surface area contributed by atoms with Crippen LogP contribution in [-0.2, 0) is 9.59 Å². The Morgan fingerprint density at radius 2 is 2.00 bits per heavy atom. The van der Waals surface area contributed by atoms with Crippen LogP contribution in [0, 0.1) is 12.7 Å². The number of aryl methyl sites for hydroxylation is 1. The van der Waals surface area contributed by atoms with E-state index in [2.05, 4.69) is 10.6 Å². The molecule has 0 aromatic heterocycles. The third kappa shape index (κ3) is 4.33. The molecular formula is C13H17FN2O3. The number of aliphatic carboxylic acids is 1. The summed E-state index contributed by atoms with van der Waals surface area (Å²) in [6, 6.07) is 4.08. The highest BCUT2D eigenvalue weighted by molar-refractivity contribution is 5.93. The van der Waals surface area contributed by atoms with Crippen molar-refractivity contribution in [2.45, 2.75) is 26.3 Å². The number of anilines is 1. The zero-order chi connectivity index (χ0) is 14.6. The smallest absolute Gasteiger partial charge is 0.323 e. The van der Waals surface area contributed by atoms with Gasteiger partial charge in [-0.3, -0.25) is 14.9 Å². The van der Waals surface area contributed by atoms with Crippen LogP contribution in [-0.4, -0.2) is 29.1 Å². The zero-order valence-corrected chi connectivity index (χ0v) is 11.1. The summed E-state index contributed by atoms with van der Waals surface area (Å²) in [4.78, 5) is 22.5. The first-order chi connectivity index (χ1) is 8.72. The van der Waals surface area contributed by atoms with Gasteiger partial charge in [0.1, 0.15) is 11.4 Å². The third-order valence-electron chi connectivity index (χ3n) is 2.70. The van der Waals surface area contributed by atoms with Gasteiger partial charge in [0.2, 0.25) is 5.91 Å². The maximum atomic E-state index is 13.0. The maximum absolute atomic E-state index is 13.0. The molecule has 1 aromatic carbocycles. The van der Waals surface area contributed by atoms with E-state index in [4.69, 9.17) is 5.11 Å². The molecule has 19 heavy (non-hydrogen) atoms. The predicted molar refractivity (Wildman–Crippen MR) is 69.5 cm³/mol. The van der Waals surface area contributed by atoms with Crippen LogP contribution in [0.25, 0.3) is 0 Å². The second kappa shape index (κ2) is 5.79. The Balaban J connectivity index is 2.61. The van der Waals surface area contributed by atoms with Gasteiger partial charge in [-0.25, -0.2) is 4.39 Å². The number of carbonyl (C=O) groups excluding carboxylic acids is 1. The fourth-order valence-electron chi connectivity index (χ4n) is 1.30. The summed E-state index contributed by atoms with van der Waals surface area (Å²) < 4.78 is 13.0. The number of hydrogen-bond donors (Lipinski definition) is 3. The molecule has 0 aliphatic rings. The van der Waals surface area contributed by atoms with E-state index in [9.17, 15) is 14.0 Å². The van der Waals surface area contributed by atoms with Crippen LogP contribution in [0.1, 0.15) is 19.4 Å². The van der Waals surface area contributed by atoms with Gasteiger partial charge in [0.05, 0.1) is 6.54 Å². The van der Waals surface area contributed by atoms with Crippen molar-refractivity contribution >= 4 is 17.6 Å². The Labute approximate surface area is 110 Å². The Kier molecular flexibility index (Phi) is 4.61. The number of halogens is 1. The first-order valence-electron chi connectivity index (χ1n) is 5.77. The van der Waals surface area contributed by atoms with Gasteiger partial charge >= 0.3 is 5.97 Å². The Morgan fingerprint density at radius 3 is 2.58 bits per heavy atom. The summed E-state index contributed by atoms with van der Waals surface area (Å²) in [5.41, 5.74) is -0.0962. The molecule has 0 radical (unpaired) electrons. The molecular weight excluding hydrogens is 251 g/mol. The van der Waals surface area contributed by atoms with Crippen molar-refractivity contribution in [1.29, 1.82) is 0 Å². The van der Waals surface area contributed by atoms with E-state index in [0.29, 0.717) is 5.69 Å². The van der Waals surface area contributed by atoms with Crippen LogP contribution in [0.15, 0.2) is 18.2 Å². The molecule has 0 bridgehead atoms. The minimum Gasteiger partial charge on any atom is -0.480 e. The molecule has 104 valence electrons. The molecule has 1 amide bonds. The van der Waals surface area contributed by atoms with E-state index in [-0.39, 0.29) is 6.54 Å². The van der Waals surface area contributed by atoms with Crippen LogP contribution in [0.2, 0.25) is 0 Å². The second-order valence-electron chi connectivity index (χ2n) is 4.79. The lowest BCUT2D eigenvalue weighted by Crippen LogP contribution is -2.49. The molecule has 5 nitrogen and oxygen atoms in total. The van der Waals surface area contributed by atoms with Crippen molar-refractivity contribution < 1.29 is 19.1 Å². The SMILES string of the molecule is Cc1ccc(F)cc1NC(=O)CNC(C)(C)C(=O)O. The Hall–Kier alpha value is -1.95. The van der Waals surface area contributed by atoms with E-state index in [0.717, 1.165) is 5.56 Å². The van der Waals surface area contributed by atoms with Gasteiger partial charge in [-0.15, -0.1) is 0 Å². The minimum atomic E-state index is -1.20. The van der Waals surface area contributed by atoms with Gasteiger partial charge in [-0.05, 0) is 38.5 Å². The van der Waals surface area contributed by atoms with E-state index in [1.54, 1.807) is 13.0 Å². The number of amides is 1. The largest absolute Gasteiger partial charge is 0.480 e. The molecule has 0 unspecified atom stereocenters. The lowest BCUT2D eigenvalue weighted by Gasteiger charge is -2.20. The molecule has 0 heterocycles. The van der Waals surface area contributed by atoms with Crippen LogP contribution in [0.4, 0.5) is 10.1 Å². The summed E-state index contributed by atoms with van der Waals surface area (Å²) >= 11 is 0. The monoisotopic (exact) mass is 268 g/mol. The standard InChI is InChI=1S/C13H17FN2O3/c1-8-4-5-9(14)6-10(8)16-11(17)7-15-13(2,3)12(18)19/h4-6,15H,7H2,1-3H3,(H,16,17)(H,18,19). The summed E-state index contributed by atoms with van der Waals surface area (Å²) in [6.07, 6.45) is 0. The van der Waals surface area contributed by atoms with Crippen molar-refractivity contribution in [3.8, 4) is 0 Å². The number of hydrogen-bond acceptors (Lipinski definition) is 3. The van der Waals surface area contributed by atoms with Crippen LogP contribution in [0.3, 0.4) is 0 Å². The molecule has 0 atom stereocenters. The molecule has 0 saturated carbocycles. The molecule has 3 N–H and O–H groups in total. The van der Waals surface area contributed by atoms with Crippen molar-refractivity contribution in [2.24, 2.45) is 0 Å². The number of benzene rings is 1. The van der Waals surface area contributed by atoms with Crippen molar-refractivity contribution in [2.75, 3.05) is 11.9 Å². The number of carboxylic acid groups (broad SMARTS) is 1. The number of nitrogens with one attached hydrogen (secondary N) is 2. The van der Waals surface area contributed by atoms with E-state index in [1.807, 2.05) is 0 Å². The first-order valence-corrected chi connectivity index (χ1v) is 5.77. The van der Waals surface area contributed by atoms with E-state index in [1.165, 1.54) is 26.0 Å². The van der Waals surface area contributed by atoms with Gasteiger partial charge in [0.15, 0.2) is 0 Å². The van der Waals surface area contributed by atoms with Gasteiger partial charge < -0.3 is 10.4 Å². The molecule has 0 aliphatic heterocycles. The topological polar surface area (TPSA) is 78.4 Å². The second-order valence-corrected chi connectivity index (χ2v) is 4.79. The number of rotatable bonds is 5. The molecule has 0 aliphatic carbocycles. The van der Waals surface area contributed by atoms with E-state index >= 15 is 0 Å². The molecule has 0 spiro atoms. The fraction of sp³-hybridized carbons (Fsp3) is 0.385. The molecule has 1 aromatic rings. The van der Waals surface area contributed by atoms with Crippen molar-refractivity contribution in [3.63, 3.8) is 0 Å². The van der Waals surface area contributed by atoms with Gasteiger partial charge in [0, 0.05) is 5.69 Å². The summed E-state index contributed by atoms with van der Waals surface area (Å²) in [7, 11) is 0. The Morgan fingerprint density at radius 1 is 1.37 bits per heavy atom. The fourth-order valence-corrected chi connectivity index (χ4v) is 1.30. The van der Waals surface area contributed by atoms with Crippen LogP contribution in [0.5, 0.6) is 0 Å². The highest BCUT2D eigenvalue weighted by Gasteiger charge is 2.26.